The van der Waals surface area contributed by atoms with Crippen LogP contribution in [0.5, 0.6) is 0 Å². The molecule has 2 aliphatic carbocycles. The molecular weight excluding hydrogens is 256 g/mol. The van der Waals surface area contributed by atoms with Gasteiger partial charge in [0.1, 0.15) is 36.0 Å². The summed E-state index contributed by atoms with van der Waals surface area (Å²) in [5.41, 5.74) is -2.89. The molecule has 2 saturated carbocycles. The van der Waals surface area contributed by atoms with Crippen molar-refractivity contribution in [3.8, 4) is 0 Å². The molecule has 0 heterocycles. The van der Waals surface area contributed by atoms with Crippen molar-refractivity contribution in [1.29, 1.82) is 0 Å². The zero-order valence-corrected chi connectivity index (χ0v) is 11.8. The predicted molar refractivity (Wildman–Crippen MR) is 73.0 cm³/mol. The summed E-state index contributed by atoms with van der Waals surface area (Å²) < 4.78 is 0. The van der Waals surface area contributed by atoms with E-state index >= 15 is 0 Å². The van der Waals surface area contributed by atoms with E-state index in [0.29, 0.717) is 43.9 Å². The van der Waals surface area contributed by atoms with Crippen molar-refractivity contribution in [3.05, 3.63) is 0 Å². The van der Waals surface area contributed by atoms with Crippen molar-refractivity contribution in [1.82, 2.24) is 0 Å². The highest BCUT2D eigenvalue weighted by molar-refractivity contribution is 5.99. The SMILES string of the molecule is O=CC1(C=O)CCC(C2CCCCC2)CC1(C=O)C=O. The van der Waals surface area contributed by atoms with E-state index in [1.807, 2.05) is 0 Å². The van der Waals surface area contributed by atoms with E-state index in [4.69, 9.17) is 0 Å². The zero-order chi connectivity index (χ0) is 14.6. The number of hydrogen-bond acceptors (Lipinski definition) is 4. The number of hydrogen-bond donors (Lipinski definition) is 0. The summed E-state index contributed by atoms with van der Waals surface area (Å²) in [6, 6.07) is 0. The van der Waals surface area contributed by atoms with Gasteiger partial charge in [-0.3, -0.25) is 0 Å². The van der Waals surface area contributed by atoms with Crippen LogP contribution < -0.4 is 0 Å². The lowest BCUT2D eigenvalue weighted by Gasteiger charge is -2.46. The quantitative estimate of drug-likeness (QED) is 0.570. The van der Waals surface area contributed by atoms with Crippen LogP contribution in [0.25, 0.3) is 0 Å². The molecule has 1 atom stereocenters. The van der Waals surface area contributed by atoms with E-state index in [-0.39, 0.29) is 5.92 Å². The molecule has 110 valence electrons. The van der Waals surface area contributed by atoms with Crippen molar-refractivity contribution in [3.63, 3.8) is 0 Å². The third kappa shape index (κ3) is 2.25. The fraction of sp³-hybridized carbons (Fsp3) is 0.750. The first kappa shape index (κ1) is 15.1. The van der Waals surface area contributed by atoms with Gasteiger partial charge in [0.05, 0.1) is 0 Å². The van der Waals surface area contributed by atoms with Gasteiger partial charge in [-0.15, -0.1) is 0 Å². The summed E-state index contributed by atoms with van der Waals surface area (Å²) in [5, 5.41) is 0. The van der Waals surface area contributed by atoms with Gasteiger partial charge in [0.25, 0.3) is 0 Å². The van der Waals surface area contributed by atoms with E-state index in [9.17, 15) is 19.2 Å². The molecule has 2 aliphatic rings. The third-order valence-corrected chi connectivity index (χ3v) is 5.55. The predicted octanol–water partition coefficient (Wildman–Crippen LogP) is 2.14. The van der Waals surface area contributed by atoms with E-state index in [1.165, 1.54) is 19.3 Å². The second-order valence-corrected chi connectivity index (χ2v) is 6.45. The minimum atomic E-state index is -1.45. The maximum absolute atomic E-state index is 11.5. The standard InChI is InChI=1S/C16H22O4/c17-9-15(10-18)7-6-14(8-16(15,11-19)12-20)13-4-2-1-3-5-13/h9-14H,1-8H2. The monoisotopic (exact) mass is 278 g/mol. The molecule has 0 N–H and O–H groups in total. The summed E-state index contributed by atoms with van der Waals surface area (Å²) in [6.45, 7) is 0. The molecule has 4 heteroatoms. The number of carbonyl (C=O) groups excluding carboxylic acids is 4. The first-order valence-corrected chi connectivity index (χ1v) is 7.52. The first-order chi connectivity index (χ1) is 9.67. The second-order valence-electron chi connectivity index (χ2n) is 6.45. The van der Waals surface area contributed by atoms with Crippen LogP contribution >= 0.6 is 0 Å². The van der Waals surface area contributed by atoms with E-state index in [2.05, 4.69) is 0 Å². The van der Waals surface area contributed by atoms with Gasteiger partial charge in [0, 0.05) is 0 Å². The highest BCUT2D eigenvalue weighted by Gasteiger charge is 2.56. The summed E-state index contributed by atoms with van der Waals surface area (Å²) in [6.07, 6.45) is 9.44. The molecule has 0 aromatic rings. The summed E-state index contributed by atoms with van der Waals surface area (Å²) >= 11 is 0. The first-order valence-electron chi connectivity index (χ1n) is 7.52. The lowest BCUT2D eigenvalue weighted by molar-refractivity contribution is -0.154. The molecular formula is C16H22O4. The zero-order valence-electron chi connectivity index (χ0n) is 11.8. The van der Waals surface area contributed by atoms with Crippen LogP contribution in [0.3, 0.4) is 0 Å². The molecule has 0 bridgehead atoms. The van der Waals surface area contributed by atoms with Crippen molar-refractivity contribution < 1.29 is 19.2 Å². The maximum atomic E-state index is 11.5. The Hall–Kier alpha value is -1.32. The molecule has 0 radical (unpaired) electrons. The Morgan fingerprint density at radius 2 is 1.20 bits per heavy atom. The third-order valence-electron chi connectivity index (χ3n) is 5.55. The van der Waals surface area contributed by atoms with Crippen molar-refractivity contribution in [2.75, 3.05) is 0 Å². The Kier molecular flexibility index (Phi) is 4.51. The molecule has 2 fully saturated rings. The summed E-state index contributed by atoms with van der Waals surface area (Å²) in [4.78, 5) is 45.8. The van der Waals surface area contributed by atoms with E-state index < -0.39 is 10.8 Å². The van der Waals surface area contributed by atoms with Crippen molar-refractivity contribution in [2.45, 2.75) is 51.4 Å². The normalized spacial score (nSPS) is 29.3. The fourth-order valence-electron chi connectivity index (χ4n) is 4.10. The Balaban J connectivity index is 2.25. The maximum Gasteiger partial charge on any atom is 0.134 e. The highest BCUT2D eigenvalue weighted by atomic mass is 16.1. The largest absolute Gasteiger partial charge is 0.302 e. The van der Waals surface area contributed by atoms with Gasteiger partial charge in [-0.25, -0.2) is 0 Å². The van der Waals surface area contributed by atoms with Gasteiger partial charge in [0.2, 0.25) is 0 Å². The number of aldehydes is 4. The lowest BCUT2D eigenvalue weighted by atomic mass is 9.53. The van der Waals surface area contributed by atoms with Crippen LogP contribution in [0.2, 0.25) is 0 Å². The minimum absolute atomic E-state index is 0.277. The molecule has 0 aliphatic heterocycles. The summed E-state index contributed by atoms with van der Waals surface area (Å²) in [5.74, 6) is 0.804. The Morgan fingerprint density at radius 3 is 1.70 bits per heavy atom. The Bertz CT molecular complexity index is 379. The molecule has 20 heavy (non-hydrogen) atoms. The number of rotatable bonds is 5. The van der Waals surface area contributed by atoms with Crippen molar-refractivity contribution >= 4 is 25.1 Å². The molecule has 2 rings (SSSR count). The average molecular weight is 278 g/mol. The van der Waals surface area contributed by atoms with Crippen LogP contribution in [0, 0.1) is 22.7 Å². The second kappa shape index (κ2) is 5.98. The summed E-state index contributed by atoms with van der Waals surface area (Å²) in [7, 11) is 0. The van der Waals surface area contributed by atoms with E-state index in [0.717, 1.165) is 19.3 Å². The smallest absolute Gasteiger partial charge is 0.134 e. The van der Waals surface area contributed by atoms with Crippen LogP contribution in [0.1, 0.15) is 51.4 Å². The molecule has 0 aromatic heterocycles. The number of carbonyl (C=O) groups is 4. The van der Waals surface area contributed by atoms with Crippen molar-refractivity contribution in [2.24, 2.45) is 22.7 Å². The van der Waals surface area contributed by atoms with Gasteiger partial charge >= 0.3 is 0 Å². The highest BCUT2D eigenvalue weighted by Crippen LogP contribution is 2.51. The minimum Gasteiger partial charge on any atom is -0.302 e. The van der Waals surface area contributed by atoms with E-state index in [1.54, 1.807) is 0 Å². The molecule has 0 saturated heterocycles. The molecule has 0 spiro atoms. The fourth-order valence-corrected chi connectivity index (χ4v) is 4.10. The van der Waals surface area contributed by atoms with Gasteiger partial charge in [0.15, 0.2) is 0 Å². The van der Waals surface area contributed by atoms with Gasteiger partial charge in [-0.2, -0.15) is 0 Å². The Labute approximate surface area is 119 Å². The molecule has 1 unspecified atom stereocenters. The topological polar surface area (TPSA) is 68.3 Å². The van der Waals surface area contributed by atoms with Gasteiger partial charge in [-0.05, 0) is 31.1 Å². The van der Waals surface area contributed by atoms with Gasteiger partial charge < -0.3 is 19.2 Å². The molecule has 0 amide bonds. The van der Waals surface area contributed by atoms with Gasteiger partial charge in [-0.1, -0.05) is 32.1 Å². The van der Waals surface area contributed by atoms with Crippen LogP contribution in [0.4, 0.5) is 0 Å². The van der Waals surface area contributed by atoms with Crippen LogP contribution in [-0.4, -0.2) is 25.1 Å². The average Bonchev–Trinajstić information content (AvgIpc) is 2.54. The van der Waals surface area contributed by atoms with Crippen LogP contribution in [-0.2, 0) is 19.2 Å². The molecule has 4 nitrogen and oxygen atoms in total. The van der Waals surface area contributed by atoms with Crippen LogP contribution in [0.15, 0.2) is 0 Å². The lowest BCUT2D eigenvalue weighted by Crippen LogP contribution is -2.52. The Morgan fingerprint density at radius 1 is 0.650 bits per heavy atom. The molecule has 0 aromatic carbocycles.